The predicted octanol–water partition coefficient (Wildman–Crippen LogP) is 15.2. The first-order valence-corrected chi connectivity index (χ1v) is 21.0. The van der Waals surface area contributed by atoms with E-state index in [-0.39, 0.29) is 17.4 Å². The molecular formula is C57H42N2O. The molecule has 2 atom stereocenters. The van der Waals surface area contributed by atoms with Crippen LogP contribution in [0.5, 0.6) is 0 Å². The second kappa shape index (κ2) is 13.3. The van der Waals surface area contributed by atoms with Gasteiger partial charge < -0.3 is 14.2 Å². The van der Waals surface area contributed by atoms with Gasteiger partial charge in [0.05, 0.1) is 17.6 Å². The van der Waals surface area contributed by atoms with E-state index in [2.05, 4.69) is 230 Å². The van der Waals surface area contributed by atoms with Crippen molar-refractivity contribution in [2.45, 2.75) is 31.2 Å². The minimum Gasteiger partial charge on any atom is -0.457 e. The molecule has 0 bridgehead atoms. The summed E-state index contributed by atoms with van der Waals surface area (Å²) in [5, 5.41) is 1.12. The molecule has 0 radical (unpaired) electrons. The van der Waals surface area contributed by atoms with Gasteiger partial charge in [0.2, 0.25) is 0 Å². The highest BCUT2D eigenvalue weighted by Gasteiger charge is 2.44. The Morgan fingerprint density at radius 3 is 1.92 bits per heavy atom. The number of anilines is 5. The van der Waals surface area contributed by atoms with Crippen molar-refractivity contribution in [3.05, 3.63) is 228 Å². The molecular weight excluding hydrogens is 729 g/mol. The van der Waals surface area contributed by atoms with Gasteiger partial charge in [-0.25, -0.2) is 0 Å². The van der Waals surface area contributed by atoms with Gasteiger partial charge in [0, 0.05) is 39.1 Å². The second-order valence-corrected chi connectivity index (χ2v) is 16.9. The van der Waals surface area contributed by atoms with Crippen molar-refractivity contribution < 1.29 is 4.42 Å². The van der Waals surface area contributed by atoms with Gasteiger partial charge in [0.1, 0.15) is 5.76 Å². The highest BCUT2D eigenvalue weighted by atomic mass is 16.3. The third-order valence-electron chi connectivity index (χ3n) is 13.2. The zero-order valence-electron chi connectivity index (χ0n) is 33.6. The fraction of sp³-hybridized carbons (Fsp3) is 0.0877. The Morgan fingerprint density at radius 1 is 0.533 bits per heavy atom. The van der Waals surface area contributed by atoms with Crippen molar-refractivity contribution in [1.82, 2.24) is 0 Å². The quantitative estimate of drug-likeness (QED) is 0.168. The van der Waals surface area contributed by atoms with Crippen LogP contribution in [0, 0.1) is 0 Å². The van der Waals surface area contributed by atoms with Crippen LogP contribution in [0.4, 0.5) is 28.4 Å². The number of rotatable bonds is 6. The Bertz CT molecular complexity index is 3120. The van der Waals surface area contributed by atoms with Crippen molar-refractivity contribution in [2.75, 3.05) is 9.80 Å². The van der Waals surface area contributed by atoms with Crippen molar-refractivity contribution in [1.29, 1.82) is 0 Å². The number of nitrogens with zero attached hydrogens (tertiary/aromatic N) is 2. The molecule has 286 valence electrons. The molecule has 60 heavy (non-hydrogen) atoms. The molecule has 0 fully saturated rings. The Kier molecular flexibility index (Phi) is 7.71. The van der Waals surface area contributed by atoms with Crippen LogP contribution in [0.3, 0.4) is 0 Å². The molecule has 0 saturated heterocycles. The maximum Gasteiger partial charge on any atom is 0.158 e. The van der Waals surface area contributed by atoms with Gasteiger partial charge in [-0.15, -0.1) is 0 Å². The van der Waals surface area contributed by atoms with Crippen LogP contribution in [-0.2, 0) is 5.41 Å². The predicted molar refractivity (Wildman–Crippen MR) is 249 cm³/mol. The van der Waals surface area contributed by atoms with Crippen LogP contribution < -0.4 is 9.80 Å². The van der Waals surface area contributed by atoms with Crippen LogP contribution in [0.2, 0.25) is 0 Å². The highest BCUT2D eigenvalue weighted by molar-refractivity contribution is 6.01. The molecule has 2 heterocycles. The molecule has 12 rings (SSSR count). The standard InChI is InChI=1S/C57H42N2O/c1-57(2)49-21-11-9-18-44(49)45-33-28-40(36-50(45)57)39-26-31-43(32-27-39)58(42-29-24-38(25-30-42)37-14-5-3-6-15-37)53-23-13-20-46-47-34-35-52-54(56(47)60-55(46)53)48-19-10-12-22-51(48)59(52)41-16-7-4-8-17-41/h3-36,52,54H,1-2H3. The third kappa shape index (κ3) is 5.22. The van der Waals surface area contributed by atoms with Gasteiger partial charge in [0.25, 0.3) is 0 Å². The molecule has 2 aliphatic carbocycles. The molecule has 3 aliphatic rings. The lowest BCUT2D eigenvalue weighted by atomic mass is 9.81. The Labute approximate surface area is 351 Å². The molecule has 0 amide bonds. The SMILES string of the molecule is CC1(C)c2ccccc2-c2ccc(-c3ccc(N(c4ccc(-c5ccccc5)cc4)c4cccc5c6c(oc45)C4c5ccccc5N(c5ccccc5)C4C=C6)cc3)cc21. The summed E-state index contributed by atoms with van der Waals surface area (Å²) in [4.78, 5) is 4.83. The van der Waals surface area contributed by atoms with Gasteiger partial charge in [-0.3, -0.25) is 0 Å². The molecule has 3 nitrogen and oxygen atoms in total. The first-order chi connectivity index (χ1) is 29.5. The zero-order valence-corrected chi connectivity index (χ0v) is 33.6. The summed E-state index contributed by atoms with van der Waals surface area (Å²) in [7, 11) is 0. The summed E-state index contributed by atoms with van der Waals surface area (Å²) in [6, 6.07) is 70.7. The summed E-state index contributed by atoms with van der Waals surface area (Å²) in [5.41, 5.74) is 19.1. The number of para-hydroxylation sites is 3. The maximum atomic E-state index is 7.26. The fourth-order valence-corrected chi connectivity index (χ4v) is 10.3. The molecule has 8 aromatic carbocycles. The molecule has 9 aromatic rings. The van der Waals surface area contributed by atoms with Crippen LogP contribution in [0.15, 0.2) is 205 Å². The van der Waals surface area contributed by atoms with Gasteiger partial charge in [-0.1, -0.05) is 166 Å². The topological polar surface area (TPSA) is 19.6 Å². The monoisotopic (exact) mass is 770 g/mol. The first-order valence-electron chi connectivity index (χ1n) is 21.0. The maximum absolute atomic E-state index is 7.26. The summed E-state index contributed by atoms with van der Waals surface area (Å²) >= 11 is 0. The zero-order chi connectivity index (χ0) is 40.0. The summed E-state index contributed by atoms with van der Waals surface area (Å²) in [5.74, 6) is 1.08. The van der Waals surface area contributed by atoms with E-state index in [4.69, 9.17) is 4.42 Å². The van der Waals surface area contributed by atoms with Gasteiger partial charge in [-0.05, 0) is 105 Å². The van der Waals surface area contributed by atoms with Crippen LogP contribution in [0.25, 0.3) is 50.4 Å². The number of benzene rings is 8. The molecule has 2 unspecified atom stereocenters. The molecule has 0 spiro atoms. The normalized spacial score (nSPS) is 16.5. The van der Waals surface area contributed by atoms with Gasteiger partial charge >= 0.3 is 0 Å². The lowest BCUT2D eigenvalue weighted by molar-refractivity contribution is 0.505. The Balaban J connectivity index is 0.977. The van der Waals surface area contributed by atoms with Crippen molar-refractivity contribution in [3.63, 3.8) is 0 Å². The number of furan rings is 1. The first kappa shape index (κ1) is 34.7. The van der Waals surface area contributed by atoms with Crippen LogP contribution >= 0.6 is 0 Å². The summed E-state index contributed by atoms with van der Waals surface area (Å²) in [6.45, 7) is 4.69. The Hall–Kier alpha value is -7.36. The molecule has 0 N–H and O–H groups in total. The average Bonchev–Trinajstić information content (AvgIpc) is 3.93. The fourth-order valence-electron chi connectivity index (χ4n) is 10.3. The number of hydrogen-bond donors (Lipinski definition) is 0. The van der Waals surface area contributed by atoms with E-state index in [0.29, 0.717) is 0 Å². The third-order valence-corrected chi connectivity index (χ3v) is 13.2. The highest BCUT2D eigenvalue weighted by Crippen LogP contribution is 2.54. The summed E-state index contributed by atoms with van der Waals surface area (Å²) in [6.07, 6.45) is 4.66. The van der Waals surface area contributed by atoms with E-state index in [1.807, 2.05) is 0 Å². The lowest BCUT2D eigenvalue weighted by Gasteiger charge is -2.29. The minimum absolute atomic E-state index is 0.0545. The van der Waals surface area contributed by atoms with Crippen molar-refractivity contribution in [2.24, 2.45) is 0 Å². The molecule has 1 aliphatic heterocycles. The minimum atomic E-state index is -0.0545. The largest absolute Gasteiger partial charge is 0.457 e. The Morgan fingerprint density at radius 2 is 1.15 bits per heavy atom. The lowest BCUT2D eigenvalue weighted by Crippen LogP contribution is -2.30. The van der Waals surface area contributed by atoms with E-state index in [1.54, 1.807) is 0 Å². The van der Waals surface area contributed by atoms with Gasteiger partial charge in [-0.2, -0.15) is 0 Å². The molecule has 3 heteroatoms. The van der Waals surface area contributed by atoms with E-state index < -0.39 is 0 Å². The number of hydrogen-bond acceptors (Lipinski definition) is 3. The van der Waals surface area contributed by atoms with E-state index >= 15 is 0 Å². The van der Waals surface area contributed by atoms with Crippen LogP contribution in [-0.4, -0.2) is 6.04 Å². The summed E-state index contributed by atoms with van der Waals surface area (Å²) < 4.78 is 7.26. The van der Waals surface area contributed by atoms with Gasteiger partial charge in [0.15, 0.2) is 5.58 Å². The van der Waals surface area contributed by atoms with E-state index in [9.17, 15) is 0 Å². The van der Waals surface area contributed by atoms with E-state index in [1.165, 1.54) is 61.4 Å². The van der Waals surface area contributed by atoms with Crippen molar-refractivity contribution >= 4 is 45.5 Å². The number of fused-ring (bicyclic) bond motifs is 10. The average molecular weight is 771 g/mol. The van der Waals surface area contributed by atoms with Crippen molar-refractivity contribution in [3.8, 4) is 33.4 Å². The van der Waals surface area contributed by atoms with Crippen LogP contribution in [0.1, 0.15) is 47.8 Å². The van der Waals surface area contributed by atoms with E-state index in [0.717, 1.165) is 39.4 Å². The second-order valence-electron chi connectivity index (χ2n) is 16.9. The smallest absolute Gasteiger partial charge is 0.158 e. The molecule has 0 saturated carbocycles. The molecule has 1 aromatic heterocycles.